The van der Waals surface area contributed by atoms with Gasteiger partial charge in [-0.05, 0) is 134 Å². The van der Waals surface area contributed by atoms with Gasteiger partial charge in [-0.1, -0.05) is 18.7 Å². The van der Waals surface area contributed by atoms with Crippen molar-refractivity contribution in [2.45, 2.75) is 95.1 Å². The first-order chi connectivity index (χ1) is 24.4. The van der Waals surface area contributed by atoms with Gasteiger partial charge in [0.1, 0.15) is 6.04 Å². The molecular formula is C39H49N9O2. The number of aromatic nitrogens is 4. The molecule has 1 unspecified atom stereocenters. The van der Waals surface area contributed by atoms with E-state index in [1.165, 1.54) is 12.8 Å². The van der Waals surface area contributed by atoms with Gasteiger partial charge in [0.2, 0.25) is 0 Å². The minimum absolute atomic E-state index is 0.0249. The number of benzene rings is 2. The van der Waals surface area contributed by atoms with Crippen molar-refractivity contribution in [3.63, 3.8) is 0 Å². The summed E-state index contributed by atoms with van der Waals surface area (Å²) in [5.41, 5.74) is 5.86. The summed E-state index contributed by atoms with van der Waals surface area (Å²) < 4.78 is 0. The van der Waals surface area contributed by atoms with Crippen molar-refractivity contribution in [3.05, 3.63) is 87.9 Å². The van der Waals surface area contributed by atoms with Gasteiger partial charge in [-0.15, -0.1) is 5.10 Å². The van der Waals surface area contributed by atoms with Crippen LogP contribution in [0, 0.1) is 11.3 Å². The van der Waals surface area contributed by atoms with Crippen LogP contribution >= 0.6 is 0 Å². The van der Waals surface area contributed by atoms with Gasteiger partial charge in [0.25, 0.3) is 11.8 Å². The SMILES string of the molecule is C=C(CN[C@@H](C)CC1(c2nnn[nH]2)c2ccc(C(=O)N3CCCCC3)cc2CCc2cc(C(=O)N3CCCCC3)ccc21)N1CCCC1C#N. The van der Waals surface area contributed by atoms with E-state index in [-0.39, 0.29) is 23.9 Å². The van der Waals surface area contributed by atoms with Crippen molar-refractivity contribution in [2.24, 2.45) is 0 Å². The highest BCUT2D eigenvalue weighted by Gasteiger charge is 2.45. The number of fused-ring (bicyclic) bond motifs is 2. The number of nitrogens with zero attached hydrogens (tertiary/aromatic N) is 7. The molecule has 2 N–H and O–H groups in total. The molecule has 4 aliphatic rings. The first-order valence-electron chi connectivity index (χ1n) is 18.6. The van der Waals surface area contributed by atoms with Gasteiger partial charge in [0, 0.05) is 62.1 Å². The average Bonchev–Trinajstić information content (AvgIpc) is 3.87. The molecule has 2 aromatic carbocycles. The summed E-state index contributed by atoms with van der Waals surface area (Å²) in [4.78, 5) is 33.6. The highest BCUT2D eigenvalue weighted by atomic mass is 16.2. The summed E-state index contributed by atoms with van der Waals surface area (Å²) in [6.45, 7) is 11.1. The number of rotatable bonds is 9. The van der Waals surface area contributed by atoms with E-state index in [2.05, 4.69) is 74.7 Å². The molecule has 3 aromatic rings. The predicted octanol–water partition coefficient (Wildman–Crippen LogP) is 4.75. The largest absolute Gasteiger partial charge is 0.358 e. The number of H-pyrrole nitrogens is 1. The lowest BCUT2D eigenvalue weighted by Crippen LogP contribution is -2.42. The van der Waals surface area contributed by atoms with Crippen molar-refractivity contribution in [1.82, 2.24) is 40.6 Å². The smallest absolute Gasteiger partial charge is 0.253 e. The van der Waals surface area contributed by atoms with Gasteiger partial charge in [0.15, 0.2) is 5.82 Å². The first-order valence-corrected chi connectivity index (χ1v) is 18.6. The van der Waals surface area contributed by atoms with Gasteiger partial charge in [0.05, 0.1) is 11.5 Å². The molecule has 262 valence electrons. The molecule has 3 aliphatic heterocycles. The molecule has 11 nitrogen and oxygen atoms in total. The van der Waals surface area contributed by atoms with Crippen LogP contribution in [0.15, 0.2) is 48.7 Å². The Hall–Kier alpha value is -4.56. The lowest BCUT2D eigenvalue weighted by Gasteiger charge is -2.37. The van der Waals surface area contributed by atoms with Crippen LogP contribution in [0.4, 0.5) is 0 Å². The standard InChI is InChI=1S/C39H49N9O2/c1-27(41-26-28(2)48-21-9-10-33(48)25-40)24-39(38-42-44-45-43-38)34-15-13-31(36(49)46-17-5-3-6-18-46)22-29(34)11-12-30-23-32(14-16-35(30)39)37(50)47-19-7-4-8-20-47/h13-16,22-23,27,33,41H,2-12,17-21,24,26H2,1H3,(H,42,43,44,45)/t27-,33?/m0/s1. The fourth-order valence-electron chi connectivity index (χ4n) is 8.79. The molecule has 2 amide bonds. The fraction of sp³-hybridized carbons (Fsp3) is 0.538. The third kappa shape index (κ3) is 6.53. The van der Waals surface area contributed by atoms with E-state index in [1.807, 2.05) is 21.9 Å². The normalized spacial score (nSPS) is 20.7. The lowest BCUT2D eigenvalue weighted by atomic mass is 9.67. The maximum Gasteiger partial charge on any atom is 0.253 e. The van der Waals surface area contributed by atoms with Crippen LogP contribution in [0.1, 0.15) is 114 Å². The van der Waals surface area contributed by atoms with Crippen LogP contribution in [0.3, 0.4) is 0 Å². The van der Waals surface area contributed by atoms with E-state index in [4.69, 9.17) is 0 Å². The summed E-state index contributed by atoms with van der Waals surface area (Å²) in [6, 6.07) is 14.6. The van der Waals surface area contributed by atoms with Gasteiger partial charge < -0.3 is 20.0 Å². The molecule has 11 heteroatoms. The van der Waals surface area contributed by atoms with E-state index in [1.54, 1.807) is 0 Å². The zero-order chi connectivity index (χ0) is 34.7. The Morgan fingerprint density at radius 1 is 0.920 bits per heavy atom. The van der Waals surface area contributed by atoms with Crippen LogP contribution in [0.25, 0.3) is 0 Å². The Labute approximate surface area is 295 Å². The van der Waals surface area contributed by atoms with Gasteiger partial charge in [-0.25, -0.2) is 5.10 Å². The molecule has 0 spiro atoms. The summed E-state index contributed by atoms with van der Waals surface area (Å²) in [6.07, 6.45) is 10.4. The van der Waals surface area contributed by atoms with Gasteiger partial charge in [-0.3, -0.25) is 9.59 Å². The minimum atomic E-state index is -0.791. The zero-order valence-electron chi connectivity index (χ0n) is 29.3. The molecule has 7 rings (SSSR count). The summed E-state index contributed by atoms with van der Waals surface area (Å²) in [5, 5.41) is 29.3. The van der Waals surface area contributed by atoms with Crippen molar-refractivity contribution in [2.75, 3.05) is 39.3 Å². The zero-order valence-corrected chi connectivity index (χ0v) is 29.3. The van der Waals surface area contributed by atoms with Crippen molar-refractivity contribution in [1.29, 1.82) is 5.26 Å². The van der Waals surface area contributed by atoms with Gasteiger partial charge >= 0.3 is 0 Å². The number of carbonyl (C=O) groups excluding carboxylic acids is 2. The average molecular weight is 676 g/mol. The van der Waals surface area contributed by atoms with Gasteiger partial charge in [-0.2, -0.15) is 5.26 Å². The van der Waals surface area contributed by atoms with Crippen LogP contribution in [-0.2, 0) is 18.3 Å². The molecule has 2 atom stereocenters. The summed E-state index contributed by atoms with van der Waals surface area (Å²) >= 11 is 0. The molecule has 50 heavy (non-hydrogen) atoms. The molecule has 3 fully saturated rings. The van der Waals surface area contributed by atoms with Crippen molar-refractivity contribution in [3.8, 4) is 6.07 Å². The van der Waals surface area contributed by atoms with E-state index in [0.29, 0.717) is 29.9 Å². The van der Waals surface area contributed by atoms with Crippen LogP contribution in [-0.4, -0.2) is 98.5 Å². The number of nitriles is 1. The number of amides is 2. The number of hydrogen-bond donors (Lipinski definition) is 2. The number of hydrogen-bond acceptors (Lipinski definition) is 8. The minimum Gasteiger partial charge on any atom is -0.358 e. The number of aryl methyl sites for hydroxylation is 2. The van der Waals surface area contributed by atoms with E-state index >= 15 is 0 Å². The third-order valence-electron chi connectivity index (χ3n) is 11.4. The molecule has 0 radical (unpaired) electrons. The number of nitrogens with one attached hydrogen (secondary N) is 2. The lowest BCUT2D eigenvalue weighted by molar-refractivity contribution is 0.0717. The first kappa shape index (κ1) is 33.9. The van der Waals surface area contributed by atoms with Crippen molar-refractivity contribution >= 4 is 11.8 Å². The Morgan fingerprint density at radius 2 is 1.50 bits per heavy atom. The molecule has 0 saturated carbocycles. The molecule has 1 aromatic heterocycles. The van der Waals surface area contributed by atoms with Crippen LogP contribution in [0.2, 0.25) is 0 Å². The highest BCUT2D eigenvalue weighted by Crippen LogP contribution is 2.47. The number of tetrazole rings is 1. The maximum atomic E-state index is 13.7. The topological polar surface area (TPSA) is 134 Å². The molecule has 0 bridgehead atoms. The monoisotopic (exact) mass is 675 g/mol. The number of likely N-dealkylation sites (tertiary alicyclic amines) is 3. The predicted molar refractivity (Wildman–Crippen MR) is 190 cm³/mol. The molecule has 1 aliphatic carbocycles. The highest BCUT2D eigenvalue weighted by molar-refractivity contribution is 5.95. The second-order valence-electron chi connectivity index (χ2n) is 14.6. The second-order valence-corrected chi connectivity index (χ2v) is 14.6. The van der Waals surface area contributed by atoms with Crippen LogP contribution in [0.5, 0.6) is 0 Å². The van der Waals surface area contributed by atoms with E-state index < -0.39 is 5.41 Å². The third-order valence-corrected chi connectivity index (χ3v) is 11.4. The Bertz CT molecular complexity index is 1670. The van der Waals surface area contributed by atoms with E-state index in [0.717, 1.165) is 112 Å². The second kappa shape index (κ2) is 14.7. The van der Waals surface area contributed by atoms with Crippen molar-refractivity contribution < 1.29 is 9.59 Å². The Kier molecular flexibility index (Phi) is 9.99. The number of aromatic amines is 1. The van der Waals surface area contributed by atoms with E-state index in [9.17, 15) is 14.9 Å². The Morgan fingerprint density at radius 3 is 2.02 bits per heavy atom. The number of piperidine rings is 2. The Balaban J connectivity index is 1.28. The quantitative estimate of drug-likeness (QED) is 0.332. The van der Waals surface area contributed by atoms with Crippen LogP contribution < -0.4 is 5.32 Å². The summed E-state index contributed by atoms with van der Waals surface area (Å²) in [5.74, 6) is 0.798. The molecular weight excluding hydrogens is 626 g/mol. The maximum absolute atomic E-state index is 13.7. The summed E-state index contributed by atoms with van der Waals surface area (Å²) in [7, 11) is 0. The number of carbonyl (C=O) groups is 2. The fourth-order valence-corrected chi connectivity index (χ4v) is 8.79. The molecule has 4 heterocycles. The molecule has 3 saturated heterocycles.